The van der Waals surface area contributed by atoms with Crippen LogP contribution >= 0.6 is 0 Å². The van der Waals surface area contributed by atoms with Crippen LogP contribution in [0.2, 0.25) is 0 Å². The molecule has 0 N–H and O–H groups in total. The smallest absolute Gasteiger partial charge is 0.273 e. The molecule has 0 atom stereocenters. The molecular weight excluding hydrogens is 372 g/mol. The molecule has 150 valence electrons. The second-order valence-electron chi connectivity index (χ2n) is 7.11. The number of benzene rings is 2. The number of nitro groups is 1. The predicted octanol–water partition coefficient (Wildman–Crippen LogP) is 4.31. The van der Waals surface area contributed by atoms with E-state index in [2.05, 4.69) is 10.1 Å². The number of hydrogen-bond acceptors (Lipinski definition) is 6. The zero-order chi connectivity index (χ0) is 21.1. The second-order valence-corrected chi connectivity index (χ2v) is 7.11. The first-order valence-corrected chi connectivity index (χ1v) is 9.22. The molecule has 0 unspecified atom stereocenters. The van der Waals surface area contributed by atoms with Gasteiger partial charge in [0.2, 0.25) is 11.7 Å². The summed E-state index contributed by atoms with van der Waals surface area (Å²) in [7, 11) is 0. The van der Waals surface area contributed by atoms with Crippen LogP contribution in [0.5, 0.6) is 0 Å². The largest absolute Gasteiger partial charge is 0.337 e. The van der Waals surface area contributed by atoms with Gasteiger partial charge in [0, 0.05) is 28.8 Å². The highest BCUT2D eigenvalue weighted by Crippen LogP contribution is 2.24. The maximum atomic E-state index is 13.1. The van der Waals surface area contributed by atoms with Gasteiger partial charge in [-0.3, -0.25) is 14.9 Å². The van der Waals surface area contributed by atoms with Crippen molar-refractivity contribution < 1.29 is 14.2 Å². The highest BCUT2D eigenvalue weighted by atomic mass is 16.6. The van der Waals surface area contributed by atoms with E-state index < -0.39 is 4.92 Å². The van der Waals surface area contributed by atoms with E-state index in [9.17, 15) is 14.9 Å². The molecule has 0 spiro atoms. The molecule has 0 aliphatic rings. The minimum atomic E-state index is -0.488. The third-order valence-electron chi connectivity index (χ3n) is 4.70. The van der Waals surface area contributed by atoms with Crippen LogP contribution in [0.3, 0.4) is 0 Å². The van der Waals surface area contributed by atoms with E-state index in [-0.39, 0.29) is 29.7 Å². The Hall–Kier alpha value is -3.55. The van der Waals surface area contributed by atoms with E-state index in [4.69, 9.17) is 4.52 Å². The molecule has 0 saturated carbocycles. The van der Waals surface area contributed by atoms with E-state index in [1.54, 1.807) is 17.9 Å². The molecule has 0 fully saturated rings. The number of amides is 1. The number of carbonyl (C=O) groups is 1. The quantitative estimate of drug-likeness (QED) is 0.456. The summed E-state index contributed by atoms with van der Waals surface area (Å²) in [4.78, 5) is 29.8. The van der Waals surface area contributed by atoms with Gasteiger partial charge in [-0.2, -0.15) is 4.98 Å². The Bertz CT molecular complexity index is 1040. The van der Waals surface area contributed by atoms with Gasteiger partial charge in [0.15, 0.2) is 0 Å². The van der Waals surface area contributed by atoms with Gasteiger partial charge in [-0.1, -0.05) is 41.1 Å². The summed E-state index contributed by atoms with van der Waals surface area (Å²) < 4.78 is 5.34. The van der Waals surface area contributed by atoms with Crippen LogP contribution in [0.15, 0.2) is 47.0 Å². The summed E-state index contributed by atoms with van der Waals surface area (Å²) in [5.74, 6) is 0.421. The number of aromatic nitrogens is 2. The topological polar surface area (TPSA) is 102 Å². The second kappa shape index (κ2) is 8.22. The van der Waals surface area contributed by atoms with Gasteiger partial charge >= 0.3 is 0 Å². The van der Waals surface area contributed by atoms with Crippen LogP contribution in [0.4, 0.5) is 5.69 Å². The number of nitro benzene ring substituents is 1. The maximum Gasteiger partial charge on any atom is 0.273 e. The fraction of sp³-hybridized carbons (Fsp3) is 0.286. The fourth-order valence-corrected chi connectivity index (χ4v) is 2.98. The Balaban J connectivity index is 1.86. The molecule has 3 aromatic rings. The molecule has 8 nitrogen and oxygen atoms in total. The van der Waals surface area contributed by atoms with Crippen LogP contribution in [0, 0.1) is 24.0 Å². The average Bonchev–Trinajstić information content (AvgIpc) is 3.14. The molecule has 1 aromatic heterocycles. The molecular formula is C21H22N4O4. The van der Waals surface area contributed by atoms with Gasteiger partial charge in [-0.25, -0.2) is 0 Å². The third kappa shape index (κ3) is 4.31. The minimum Gasteiger partial charge on any atom is -0.337 e. The van der Waals surface area contributed by atoms with E-state index >= 15 is 0 Å². The Morgan fingerprint density at radius 3 is 2.48 bits per heavy atom. The van der Waals surface area contributed by atoms with E-state index in [1.165, 1.54) is 12.1 Å². The molecule has 29 heavy (non-hydrogen) atoms. The number of aryl methyl sites for hydroxylation is 1. The van der Waals surface area contributed by atoms with Crippen molar-refractivity contribution in [3.8, 4) is 11.4 Å². The summed E-state index contributed by atoms with van der Waals surface area (Å²) in [6.07, 6.45) is 0. The SMILES string of the molecule is Cc1ccc(-c2noc(CN(C(=O)c3cccc([N+](=O)[O-])c3C)C(C)C)n2)cc1. The predicted molar refractivity (Wildman–Crippen MR) is 107 cm³/mol. The first-order chi connectivity index (χ1) is 13.8. The van der Waals surface area contributed by atoms with Crippen molar-refractivity contribution in [1.29, 1.82) is 0 Å². The van der Waals surface area contributed by atoms with Crippen molar-refractivity contribution in [3.05, 3.63) is 75.2 Å². The molecule has 1 heterocycles. The lowest BCUT2D eigenvalue weighted by atomic mass is 10.0. The van der Waals surface area contributed by atoms with Crippen molar-refractivity contribution >= 4 is 11.6 Å². The van der Waals surface area contributed by atoms with Crippen molar-refractivity contribution in [2.45, 2.75) is 40.3 Å². The van der Waals surface area contributed by atoms with Crippen LogP contribution in [0.1, 0.15) is 41.2 Å². The van der Waals surface area contributed by atoms with Gasteiger partial charge < -0.3 is 9.42 Å². The Kier molecular flexibility index (Phi) is 5.72. The first kappa shape index (κ1) is 20.2. The van der Waals surface area contributed by atoms with Gasteiger partial charge in [0.05, 0.1) is 4.92 Å². The molecule has 0 radical (unpaired) electrons. The molecule has 3 rings (SSSR count). The lowest BCUT2D eigenvalue weighted by Crippen LogP contribution is -2.37. The molecule has 2 aromatic carbocycles. The molecule has 1 amide bonds. The van der Waals surface area contributed by atoms with Crippen molar-refractivity contribution in [1.82, 2.24) is 15.0 Å². The number of rotatable bonds is 6. The molecule has 8 heteroatoms. The van der Waals surface area contributed by atoms with Gasteiger partial charge in [-0.05, 0) is 33.8 Å². The standard InChI is InChI=1S/C21H22N4O4/c1-13(2)24(21(26)17-6-5-7-18(15(17)4)25(27)28)12-19-22-20(23-29-19)16-10-8-14(3)9-11-16/h5-11,13H,12H2,1-4H3. The highest BCUT2D eigenvalue weighted by Gasteiger charge is 2.26. The summed E-state index contributed by atoms with van der Waals surface area (Å²) in [5, 5.41) is 15.2. The van der Waals surface area contributed by atoms with Gasteiger partial charge in [-0.15, -0.1) is 0 Å². The summed E-state index contributed by atoms with van der Waals surface area (Å²) >= 11 is 0. The Morgan fingerprint density at radius 1 is 1.17 bits per heavy atom. The van der Waals surface area contributed by atoms with Crippen LogP contribution in [-0.4, -0.2) is 31.9 Å². The summed E-state index contributed by atoms with van der Waals surface area (Å²) in [6.45, 7) is 7.40. The summed E-state index contributed by atoms with van der Waals surface area (Å²) in [5.41, 5.74) is 2.48. The number of carbonyl (C=O) groups excluding carboxylic acids is 1. The lowest BCUT2D eigenvalue weighted by molar-refractivity contribution is -0.385. The van der Waals surface area contributed by atoms with Crippen molar-refractivity contribution in [2.75, 3.05) is 0 Å². The summed E-state index contributed by atoms with van der Waals surface area (Å²) in [6, 6.07) is 12.0. The zero-order valence-corrected chi connectivity index (χ0v) is 16.7. The minimum absolute atomic E-state index is 0.0843. The van der Waals surface area contributed by atoms with Crippen molar-refractivity contribution in [3.63, 3.8) is 0 Å². The fourth-order valence-electron chi connectivity index (χ4n) is 2.98. The van der Waals surface area contributed by atoms with Crippen molar-refractivity contribution in [2.24, 2.45) is 0 Å². The van der Waals surface area contributed by atoms with Crippen LogP contribution in [-0.2, 0) is 6.54 Å². The van der Waals surface area contributed by atoms with E-state index in [0.717, 1.165) is 11.1 Å². The third-order valence-corrected chi connectivity index (χ3v) is 4.70. The Labute approximate surface area is 168 Å². The highest BCUT2D eigenvalue weighted by molar-refractivity contribution is 5.96. The zero-order valence-electron chi connectivity index (χ0n) is 16.7. The molecule has 0 aliphatic heterocycles. The maximum absolute atomic E-state index is 13.1. The molecule has 0 bridgehead atoms. The van der Waals surface area contributed by atoms with Crippen LogP contribution < -0.4 is 0 Å². The lowest BCUT2D eigenvalue weighted by Gasteiger charge is -2.25. The monoisotopic (exact) mass is 394 g/mol. The normalized spacial score (nSPS) is 10.9. The van der Waals surface area contributed by atoms with Gasteiger partial charge in [0.25, 0.3) is 11.6 Å². The average molecular weight is 394 g/mol. The van der Waals surface area contributed by atoms with E-state index in [0.29, 0.717) is 17.3 Å². The Morgan fingerprint density at radius 2 is 1.86 bits per heavy atom. The first-order valence-electron chi connectivity index (χ1n) is 9.22. The number of nitrogens with zero attached hydrogens (tertiary/aromatic N) is 4. The van der Waals surface area contributed by atoms with Crippen LogP contribution in [0.25, 0.3) is 11.4 Å². The van der Waals surface area contributed by atoms with Gasteiger partial charge in [0.1, 0.15) is 6.54 Å². The molecule has 0 aliphatic carbocycles. The molecule has 0 saturated heterocycles. The number of hydrogen-bond donors (Lipinski definition) is 0. The van der Waals surface area contributed by atoms with E-state index in [1.807, 2.05) is 45.0 Å².